The van der Waals surface area contributed by atoms with Crippen molar-refractivity contribution in [3.63, 3.8) is 0 Å². The second-order valence-corrected chi connectivity index (χ2v) is 8.09. The Balaban J connectivity index is 1.80. The van der Waals surface area contributed by atoms with Gasteiger partial charge in [0.05, 0.1) is 7.11 Å². The minimum atomic E-state index is -0.0553. The number of ether oxygens (including phenoxy) is 1. The zero-order valence-corrected chi connectivity index (χ0v) is 18.8. The Hall–Kier alpha value is -2.53. The van der Waals surface area contributed by atoms with Gasteiger partial charge in [-0.15, -0.1) is 11.8 Å². The van der Waals surface area contributed by atoms with Crippen molar-refractivity contribution < 1.29 is 9.53 Å². The fourth-order valence-corrected chi connectivity index (χ4v) is 3.75. The molecule has 4 nitrogen and oxygen atoms in total. The Morgan fingerprint density at radius 3 is 2.70 bits per heavy atom. The van der Waals surface area contributed by atoms with Gasteiger partial charge < -0.3 is 10.1 Å². The number of pyridine rings is 1. The Kier molecular flexibility index (Phi) is 11.4. The monoisotopic (exact) mass is 424 g/mol. The van der Waals surface area contributed by atoms with Crippen LogP contribution in [0.5, 0.6) is 5.75 Å². The van der Waals surface area contributed by atoms with E-state index in [9.17, 15) is 4.79 Å². The quantitative estimate of drug-likeness (QED) is 0.188. The maximum absolute atomic E-state index is 12.1. The van der Waals surface area contributed by atoms with E-state index < -0.39 is 0 Å². The van der Waals surface area contributed by atoms with Crippen LogP contribution in [0.15, 0.2) is 71.9 Å². The van der Waals surface area contributed by atoms with Gasteiger partial charge in [-0.05, 0) is 60.4 Å². The molecule has 30 heavy (non-hydrogen) atoms. The lowest BCUT2D eigenvalue weighted by Crippen LogP contribution is -2.22. The van der Waals surface area contributed by atoms with Crippen LogP contribution in [-0.4, -0.2) is 30.3 Å². The lowest BCUT2D eigenvalue weighted by Gasteiger charge is -2.08. The molecule has 0 atom stereocenters. The summed E-state index contributed by atoms with van der Waals surface area (Å²) in [5, 5.41) is 2.95. The topological polar surface area (TPSA) is 51.2 Å². The number of hydrogen-bond acceptors (Lipinski definition) is 4. The lowest BCUT2D eigenvalue weighted by atomic mass is 9.99. The molecule has 1 aromatic heterocycles. The van der Waals surface area contributed by atoms with Crippen molar-refractivity contribution in [3.05, 3.63) is 72.6 Å². The highest BCUT2D eigenvalue weighted by Gasteiger charge is 2.02. The molecule has 1 heterocycles. The molecular formula is C25H32N2O2S. The van der Waals surface area contributed by atoms with Crippen LogP contribution in [0.2, 0.25) is 0 Å². The van der Waals surface area contributed by atoms with Crippen molar-refractivity contribution in [3.8, 4) is 5.75 Å². The molecule has 0 aliphatic carbocycles. The van der Waals surface area contributed by atoms with Gasteiger partial charge in [-0.25, -0.2) is 0 Å². The fraction of sp³-hybridized carbons (Fsp3) is 0.360. The number of thioether (sulfide) groups is 1. The summed E-state index contributed by atoms with van der Waals surface area (Å²) in [7, 11) is 1.67. The number of hydrogen-bond donors (Lipinski definition) is 1. The highest BCUT2D eigenvalue weighted by molar-refractivity contribution is 7.99. The first-order valence-electron chi connectivity index (χ1n) is 10.5. The van der Waals surface area contributed by atoms with Gasteiger partial charge >= 0.3 is 0 Å². The molecular weight excluding hydrogens is 392 g/mol. The normalized spacial score (nSPS) is 11.6. The molecule has 0 fully saturated rings. The minimum absolute atomic E-state index is 0.0553. The summed E-state index contributed by atoms with van der Waals surface area (Å²) in [6.07, 6.45) is 14.6. The van der Waals surface area contributed by atoms with Gasteiger partial charge in [-0.2, -0.15) is 0 Å². The zero-order chi connectivity index (χ0) is 21.4. The van der Waals surface area contributed by atoms with Crippen molar-refractivity contribution >= 4 is 23.2 Å². The first-order valence-corrected chi connectivity index (χ1v) is 11.5. The fourth-order valence-electron chi connectivity index (χ4n) is 2.91. The number of methoxy groups -OCH3 is 1. The first kappa shape index (κ1) is 23.7. The summed E-state index contributed by atoms with van der Waals surface area (Å²) in [4.78, 5) is 17.3. The number of carbonyl (C=O) groups excluding carboxylic acids is 1. The summed E-state index contributed by atoms with van der Waals surface area (Å²) in [6, 6.07) is 12.1. The molecule has 0 unspecified atom stereocenters. The summed E-state index contributed by atoms with van der Waals surface area (Å²) in [6.45, 7) is 2.87. The highest BCUT2D eigenvalue weighted by atomic mass is 32.2. The van der Waals surface area contributed by atoms with Crippen LogP contribution >= 0.6 is 11.8 Å². The molecule has 0 aliphatic heterocycles. The van der Waals surface area contributed by atoms with Gasteiger partial charge in [0, 0.05) is 29.9 Å². The standard InChI is InChI=1S/C25H32N2O2S/c1-3-4-5-9-21(22-13-15-23(29-2)16-14-22)10-6-12-25(28)27-18-8-19-30-24-11-7-17-26-20-24/h6-7,10-17,20H,3-5,8-9,18-19H2,1-2H3,(H,27,28)/b12-6+,21-10+. The molecule has 0 radical (unpaired) electrons. The summed E-state index contributed by atoms with van der Waals surface area (Å²) >= 11 is 1.75. The number of rotatable bonds is 13. The van der Waals surface area contributed by atoms with E-state index in [0.717, 1.165) is 35.7 Å². The number of aromatic nitrogens is 1. The van der Waals surface area contributed by atoms with Gasteiger partial charge in [-0.3, -0.25) is 9.78 Å². The third-order valence-corrected chi connectivity index (χ3v) is 5.65. The smallest absolute Gasteiger partial charge is 0.243 e. The van der Waals surface area contributed by atoms with Crippen molar-refractivity contribution in [2.24, 2.45) is 0 Å². The van der Waals surface area contributed by atoms with Gasteiger partial charge in [-0.1, -0.05) is 44.1 Å². The van der Waals surface area contributed by atoms with Gasteiger partial charge in [0.2, 0.25) is 5.91 Å². The summed E-state index contributed by atoms with van der Waals surface area (Å²) in [5.41, 5.74) is 2.41. The molecule has 5 heteroatoms. The Morgan fingerprint density at radius 1 is 1.17 bits per heavy atom. The minimum Gasteiger partial charge on any atom is -0.497 e. The molecule has 0 saturated carbocycles. The molecule has 0 spiro atoms. The van der Waals surface area contributed by atoms with Crippen LogP contribution in [0.4, 0.5) is 0 Å². The second-order valence-electron chi connectivity index (χ2n) is 6.92. The molecule has 1 N–H and O–H groups in total. The SMILES string of the molecule is CCCCC/C(=C\C=C\C(=O)NCCCSc1cccnc1)c1ccc(OC)cc1. The second kappa shape index (κ2) is 14.5. The van der Waals surface area contributed by atoms with Crippen molar-refractivity contribution in [2.45, 2.75) is 43.9 Å². The lowest BCUT2D eigenvalue weighted by molar-refractivity contribution is -0.116. The third kappa shape index (κ3) is 9.31. The van der Waals surface area contributed by atoms with Crippen LogP contribution in [0.1, 0.15) is 44.6 Å². The van der Waals surface area contributed by atoms with E-state index in [-0.39, 0.29) is 5.91 Å². The molecule has 0 aliphatic rings. The summed E-state index contributed by atoms with van der Waals surface area (Å²) in [5.74, 6) is 1.75. The number of unbranched alkanes of at least 4 members (excludes halogenated alkanes) is 2. The van der Waals surface area contributed by atoms with E-state index in [0.29, 0.717) is 6.54 Å². The Bertz CT molecular complexity index is 802. The highest BCUT2D eigenvalue weighted by Crippen LogP contribution is 2.23. The van der Waals surface area contributed by atoms with E-state index in [2.05, 4.69) is 35.4 Å². The molecule has 2 aromatic rings. The molecule has 0 bridgehead atoms. The first-order chi connectivity index (χ1) is 14.7. The largest absolute Gasteiger partial charge is 0.497 e. The molecule has 160 valence electrons. The van der Waals surface area contributed by atoms with Gasteiger partial charge in [0.15, 0.2) is 0 Å². The average Bonchev–Trinajstić information content (AvgIpc) is 2.79. The number of allylic oxidation sites excluding steroid dienone is 3. The Labute approximate surface area is 184 Å². The summed E-state index contributed by atoms with van der Waals surface area (Å²) < 4.78 is 5.25. The maximum atomic E-state index is 12.1. The third-order valence-electron chi connectivity index (χ3n) is 4.58. The number of nitrogens with one attached hydrogen (secondary N) is 1. The van der Waals surface area contributed by atoms with E-state index in [1.165, 1.54) is 24.0 Å². The molecule has 1 aromatic carbocycles. The van der Waals surface area contributed by atoms with Crippen molar-refractivity contribution in [1.82, 2.24) is 10.3 Å². The Morgan fingerprint density at radius 2 is 2.00 bits per heavy atom. The van der Waals surface area contributed by atoms with Crippen molar-refractivity contribution in [2.75, 3.05) is 19.4 Å². The van der Waals surface area contributed by atoms with Crippen LogP contribution in [-0.2, 0) is 4.79 Å². The van der Waals surface area contributed by atoms with Crippen LogP contribution in [0.3, 0.4) is 0 Å². The van der Waals surface area contributed by atoms with E-state index in [1.54, 1.807) is 31.1 Å². The van der Waals surface area contributed by atoms with Crippen LogP contribution in [0, 0.1) is 0 Å². The van der Waals surface area contributed by atoms with E-state index >= 15 is 0 Å². The number of benzene rings is 1. The van der Waals surface area contributed by atoms with Crippen molar-refractivity contribution in [1.29, 1.82) is 0 Å². The van der Waals surface area contributed by atoms with Crippen LogP contribution in [0.25, 0.3) is 5.57 Å². The predicted octanol–water partition coefficient (Wildman–Crippen LogP) is 5.91. The number of carbonyl (C=O) groups is 1. The van der Waals surface area contributed by atoms with E-state index in [4.69, 9.17) is 4.74 Å². The maximum Gasteiger partial charge on any atom is 0.243 e. The number of amides is 1. The average molecular weight is 425 g/mol. The predicted molar refractivity (Wildman–Crippen MR) is 127 cm³/mol. The molecule has 2 rings (SSSR count). The molecule has 0 saturated heterocycles. The number of nitrogens with zero attached hydrogens (tertiary/aromatic N) is 1. The zero-order valence-electron chi connectivity index (χ0n) is 18.0. The van der Waals surface area contributed by atoms with E-state index in [1.807, 2.05) is 36.5 Å². The van der Waals surface area contributed by atoms with Gasteiger partial charge in [0.25, 0.3) is 0 Å². The van der Waals surface area contributed by atoms with Gasteiger partial charge in [0.1, 0.15) is 5.75 Å². The van der Waals surface area contributed by atoms with Crippen LogP contribution < -0.4 is 10.1 Å². The molecule has 1 amide bonds.